The van der Waals surface area contributed by atoms with Gasteiger partial charge in [0, 0.05) is 49.0 Å². The van der Waals surface area contributed by atoms with Gasteiger partial charge in [-0.1, -0.05) is 6.07 Å². The second kappa shape index (κ2) is 7.60. The SMILES string of the molecule is COc1ccc(-c2c(-c3ccc4c(c3)CN(C3CCC(=O)NC3=O)C4=O)cnn2C)cn1. The van der Waals surface area contributed by atoms with Gasteiger partial charge in [0.05, 0.1) is 19.0 Å². The van der Waals surface area contributed by atoms with Crippen LogP contribution in [-0.4, -0.2) is 50.5 Å². The number of ether oxygens (including phenoxy) is 1. The van der Waals surface area contributed by atoms with Gasteiger partial charge in [-0.05, 0) is 35.7 Å². The Kier molecular flexibility index (Phi) is 4.73. The molecule has 9 heteroatoms. The Morgan fingerprint density at radius 1 is 1.06 bits per heavy atom. The van der Waals surface area contributed by atoms with Gasteiger partial charge in [-0.15, -0.1) is 0 Å². The number of piperidine rings is 1. The van der Waals surface area contributed by atoms with Crippen molar-refractivity contribution in [2.75, 3.05) is 7.11 Å². The number of aromatic nitrogens is 3. The van der Waals surface area contributed by atoms with Crippen molar-refractivity contribution in [1.29, 1.82) is 0 Å². The predicted octanol–water partition coefficient (Wildman–Crippen LogP) is 1.92. The summed E-state index contributed by atoms with van der Waals surface area (Å²) in [7, 11) is 3.44. The lowest BCUT2D eigenvalue weighted by Gasteiger charge is -2.29. The van der Waals surface area contributed by atoms with Crippen molar-refractivity contribution in [3.8, 4) is 28.3 Å². The van der Waals surface area contributed by atoms with Crippen LogP contribution < -0.4 is 10.1 Å². The number of hydrogen-bond acceptors (Lipinski definition) is 6. The van der Waals surface area contributed by atoms with Gasteiger partial charge in [-0.25, -0.2) is 4.98 Å². The van der Waals surface area contributed by atoms with Crippen molar-refractivity contribution in [2.24, 2.45) is 7.05 Å². The van der Waals surface area contributed by atoms with Gasteiger partial charge in [0.2, 0.25) is 17.7 Å². The number of carbonyl (C=O) groups excluding carboxylic acids is 3. The molecule has 1 N–H and O–H groups in total. The van der Waals surface area contributed by atoms with Gasteiger partial charge in [-0.2, -0.15) is 5.10 Å². The highest BCUT2D eigenvalue weighted by Gasteiger charge is 2.39. The van der Waals surface area contributed by atoms with Gasteiger partial charge in [0.25, 0.3) is 5.91 Å². The van der Waals surface area contributed by atoms with E-state index in [2.05, 4.69) is 15.4 Å². The third-order valence-electron chi connectivity index (χ3n) is 5.99. The van der Waals surface area contributed by atoms with Crippen LogP contribution in [0, 0.1) is 0 Å². The van der Waals surface area contributed by atoms with Crippen molar-refractivity contribution >= 4 is 17.7 Å². The normalized spacial score (nSPS) is 18.0. The molecule has 0 aliphatic carbocycles. The lowest BCUT2D eigenvalue weighted by molar-refractivity contribution is -0.136. The monoisotopic (exact) mass is 431 g/mol. The maximum atomic E-state index is 12.9. The molecule has 2 aliphatic heterocycles. The molecule has 0 saturated carbocycles. The number of rotatable bonds is 4. The van der Waals surface area contributed by atoms with Gasteiger partial charge < -0.3 is 9.64 Å². The first-order valence-corrected chi connectivity index (χ1v) is 10.3. The van der Waals surface area contributed by atoms with Crippen LogP contribution in [-0.2, 0) is 23.2 Å². The molecule has 4 heterocycles. The largest absolute Gasteiger partial charge is 0.481 e. The van der Waals surface area contributed by atoms with E-state index in [1.165, 1.54) is 0 Å². The zero-order valence-corrected chi connectivity index (χ0v) is 17.7. The molecule has 0 radical (unpaired) electrons. The van der Waals surface area contributed by atoms with Crippen molar-refractivity contribution in [3.63, 3.8) is 0 Å². The number of fused-ring (bicyclic) bond motifs is 1. The highest BCUT2D eigenvalue weighted by molar-refractivity contribution is 6.05. The third kappa shape index (κ3) is 3.22. The van der Waals surface area contributed by atoms with Gasteiger partial charge in [0.15, 0.2) is 0 Å². The maximum absolute atomic E-state index is 12.9. The number of carbonyl (C=O) groups is 3. The quantitative estimate of drug-likeness (QED) is 0.633. The summed E-state index contributed by atoms with van der Waals surface area (Å²) < 4.78 is 6.93. The lowest BCUT2D eigenvalue weighted by atomic mass is 9.99. The topological polar surface area (TPSA) is 106 Å². The van der Waals surface area contributed by atoms with Crippen molar-refractivity contribution in [1.82, 2.24) is 25.0 Å². The Labute approximate surface area is 184 Å². The molecule has 32 heavy (non-hydrogen) atoms. The van der Waals surface area contributed by atoms with Crippen molar-refractivity contribution in [3.05, 3.63) is 53.9 Å². The molecular weight excluding hydrogens is 410 g/mol. The number of methoxy groups -OCH3 is 1. The van der Waals surface area contributed by atoms with E-state index in [1.807, 2.05) is 25.2 Å². The zero-order valence-electron chi connectivity index (χ0n) is 17.7. The predicted molar refractivity (Wildman–Crippen MR) is 114 cm³/mol. The van der Waals surface area contributed by atoms with Crippen LogP contribution in [0.3, 0.4) is 0 Å². The van der Waals surface area contributed by atoms with E-state index >= 15 is 0 Å². The Balaban J connectivity index is 1.47. The molecular formula is C23H21N5O4. The number of aryl methyl sites for hydroxylation is 1. The number of nitrogens with zero attached hydrogens (tertiary/aromatic N) is 4. The molecule has 1 atom stereocenters. The molecule has 162 valence electrons. The number of nitrogens with one attached hydrogen (secondary N) is 1. The van der Waals surface area contributed by atoms with Crippen LogP contribution in [0.25, 0.3) is 22.4 Å². The van der Waals surface area contributed by atoms with E-state index < -0.39 is 11.9 Å². The van der Waals surface area contributed by atoms with E-state index in [1.54, 1.807) is 41.2 Å². The van der Waals surface area contributed by atoms with Crippen LogP contribution >= 0.6 is 0 Å². The minimum atomic E-state index is -0.629. The second-order valence-corrected chi connectivity index (χ2v) is 7.89. The van der Waals surface area contributed by atoms with E-state index in [-0.39, 0.29) is 18.2 Å². The summed E-state index contributed by atoms with van der Waals surface area (Å²) in [4.78, 5) is 42.5. The molecule has 2 aromatic heterocycles. The molecule has 1 aromatic carbocycles. The fraction of sp³-hybridized carbons (Fsp3) is 0.261. The standard InChI is InChI=1S/C23H21N5O4/c1-27-21(14-4-8-20(32-2)24-10-14)17(11-25-27)13-3-5-16-15(9-13)12-28(23(16)31)18-6-7-19(29)26-22(18)30/h3-5,8-11,18H,6-7,12H2,1-2H3,(H,26,29,30). The number of pyridine rings is 1. The van der Waals surface area contributed by atoms with Gasteiger partial charge in [-0.3, -0.25) is 24.4 Å². The minimum Gasteiger partial charge on any atom is -0.481 e. The molecule has 1 saturated heterocycles. The number of imide groups is 1. The average Bonchev–Trinajstić information content (AvgIpc) is 3.33. The number of amides is 3. The molecule has 5 rings (SSSR count). The van der Waals surface area contributed by atoms with Crippen LogP contribution in [0.4, 0.5) is 0 Å². The Morgan fingerprint density at radius 3 is 2.59 bits per heavy atom. The molecule has 9 nitrogen and oxygen atoms in total. The summed E-state index contributed by atoms with van der Waals surface area (Å²) in [5.74, 6) is -0.368. The van der Waals surface area contributed by atoms with E-state index in [0.29, 0.717) is 24.4 Å². The fourth-order valence-electron chi connectivity index (χ4n) is 4.37. The summed E-state index contributed by atoms with van der Waals surface area (Å²) in [6.45, 7) is 0.327. The summed E-state index contributed by atoms with van der Waals surface area (Å²) in [6.07, 6.45) is 4.10. The van der Waals surface area contributed by atoms with E-state index in [0.717, 1.165) is 27.9 Å². The molecule has 0 bridgehead atoms. The number of hydrogen-bond donors (Lipinski definition) is 1. The summed E-state index contributed by atoms with van der Waals surface area (Å²) in [5, 5.41) is 6.75. The van der Waals surface area contributed by atoms with Crippen molar-refractivity contribution < 1.29 is 19.1 Å². The lowest BCUT2D eigenvalue weighted by Crippen LogP contribution is -2.52. The van der Waals surface area contributed by atoms with Crippen LogP contribution in [0.1, 0.15) is 28.8 Å². The molecule has 1 fully saturated rings. The Morgan fingerprint density at radius 2 is 1.88 bits per heavy atom. The fourth-order valence-corrected chi connectivity index (χ4v) is 4.37. The number of benzene rings is 1. The average molecular weight is 431 g/mol. The third-order valence-corrected chi connectivity index (χ3v) is 5.99. The van der Waals surface area contributed by atoms with Gasteiger partial charge in [0.1, 0.15) is 6.04 Å². The first-order chi connectivity index (χ1) is 15.5. The molecule has 3 aromatic rings. The molecule has 1 unspecified atom stereocenters. The van der Waals surface area contributed by atoms with E-state index in [4.69, 9.17) is 4.74 Å². The first kappa shape index (κ1) is 19.9. The van der Waals surface area contributed by atoms with E-state index in [9.17, 15) is 14.4 Å². The summed E-state index contributed by atoms with van der Waals surface area (Å²) in [5.41, 5.74) is 5.04. The summed E-state index contributed by atoms with van der Waals surface area (Å²) in [6, 6.07) is 8.75. The summed E-state index contributed by atoms with van der Waals surface area (Å²) >= 11 is 0. The molecule has 2 aliphatic rings. The highest BCUT2D eigenvalue weighted by atomic mass is 16.5. The van der Waals surface area contributed by atoms with Crippen LogP contribution in [0.5, 0.6) is 5.88 Å². The van der Waals surface area contributed by atoms with Crippen molar-refractivity contribution in [2.45, 2.75) is 25.4 Å². The first-order valence-electron chi connectivity index (χ1n) is 10.3. The maximum Gasteiger partial charge on any atom is 0.255 e. The molecule has 0 spiro atoms. The Bertz CT molecular complexity index is 1250. The zero-order chi connectivity index (χ0) is 22.4. The minimum absolute atomic E-state index is 0.188. The van der Waals surface area contributed by atoms with Gasteiger partial charge >= 0.3 is 0 Å². The second-order valence-electron chi connectivity index (χ2n) is 7.89. The highest BCUT2D eigenvalue weighted by Crippen LogP contribution is 2.35. The van der Waals surface area contributed by atoms with Crippen LogP contribution in [0.2, 0.25) is 0 Å². The Hall–Kier alpha value is -4.01. The smallest absolute Gasteiger partial charge is 0.255 e. The van der Waals surface area contributed by atoms with Crippen LogP contribution in [0.15, 0.2) is 42.7 Å². The molecule has 3 amide bonds.